The molecule has 2 heterocycles. The van der Waals surface area contributed by atoms with Crippen LogP contribution >= 0.6 is 11.3 Å². The predicted octanol–water partition coefficient (Wildman–Crippen LogP) is 3.02. The average Bonchev–Trinajstić information content (AvgIpc) is 2.97. The summed E-state index contributed by atoms with van der Waals surface area (Å²) >= 11 is 1.29. The van der Waals surface area contributed by atoms with Crippen molar-refractivity contribution >= 4 is 22.2 Å². The number of nitrogens with zero attached hydrogens (tertiary/aromatic N) is 5. The molecule has 0 spiro atoms. The Bertz CT molecular complexity index is 771. The molecular formula is C13H13N5O2S. The predicted molar refractivity (Wildman–Crippen MR) is 78.4 cm³/mol. The van der Waals surface area contributed by atoms with E-state index in [2.05, 4.69) is 15.2 Å². The zero-order valence-corrected chi connectivity index (χ0v) is 12.4. The Labute approximate surface area is 124 Å². The molecule has 0 aliphatic heterocycles. The van der Waals surface area contributed by atoms with Crippen LogP contribution in [-0.2, 0) is 6.54 Å². The van der Waals surface area contributed by atoms with Crippen LogP contribution in [0.15, 0.2) is 26.6 Å². The lowest BCUT2D eigenvalue weighted by Gasteiger charge is -2.11. The number of pyridine rings is 1. The van der Waals surface area contributed by atoms with Gasteiger partial charge in [-0.15, -0.1) is 21.6 Å². The molecule has 7 nitrogen and oxygen atoms in total. The third-order valence-corrected chi connectivity index (χ3v) is 3.53. The van der Waals surface area contributed by atoms with Gasteiger partial charge < -0.3 is 5.11 Å². The second-order valence-corrected chi connectivity index (χ2v) is 5.13. The Morgan fingerprint density at radius 3 is 2.86 bits per heavy atom. The molecule has 2 aromatic rings. The maximum Gasteiger partial charge on any atom is 0.281 e. The van der Waals surface area contributed by atoms with Crippen molar-refractivity contribution in [3.63, 3.8) is 0 Å². The molecule has 1 N–H and O–H groups in total. The van der Waals surface area contributed by atoms with Crippen molar-refractivity contribution in [3.8, 4) is 11.9 Å². The lowest BCUT2D eigenvalue weighted by Crippen LogP contribution is -2.21. The number of azo groups is 1. The SMILES string of the molecule is CCCn1c(O)c(C#N)c(C)c(N=Nc2nccs2)c1=O. The quantitative estimate of drug-likeness (QED) is 0.876. The van der Waals surface area contributed by atoms with E-state index >= 15 is 0 Å². The number of nitriles is 1. The van der Waals surface area contributed by atoms with Gasteiger partial charge in [-0.2, -0.15) is 5.26 Å². The van der Waals surface area contributed by atoms with Crippen LogP contribution in [0.4, 0.5) is 10.8 Å². The minimum absolute atomic E-state index is 0.0381. The van der Waals surface area contributed by atoms with E-state index in [-0.39, 0.29) is 17.1 Å². The van der Waals surface area contributed by atoms with Crippen molar-refractivity contribution in [3.05, 3.63) is 33.1 Å². The van der Waals surface area contributed by atoms with Gasteiger partial charge >= 0.3 is 0 Å². The van der Waals surface area contributed by atoms with E-state index in [9.17, 15) is 9.90 Å². The van der Waals surface area contributed by atoms with E-state index in [4.69, 9.17) is 5.26 Å². The van der Waals surface area contributed by atoms with Crippen molar-refractivity contribution < 1.29 is 5.11 Å². The third kappa shape index (κ3) is 2.83. The number of aromatic hydroxyl groups is 1. The molecule has 0 amide bonds. The Hall–Kier alpha value is -2.53. The Balaban J connectivity index is 2.62. The first-order valence-electron chi connectivity index (χ1n) is 6.27. The first kappa shape index (κ1) is 14.9. The molecule has 2 aromatic heterocycles. The van der Waals surface area contributed by atoms with Gasteiger partial charge in [0.15, 0.2) is 5.69 Å². The van der Waals surface area contributed by atoms with Gasteiger partial charge in [0.05, 0.1) is 0 Å². The summed E-state index contributed by atoms with van der Waals surface area (Å²) in [7, 11) is 0. The van der Waals surface area contributed by atoms with E-state index in [0.29, 0.717) is 23.7 Å². The minimum atomic E-state index is -0.467. The van der Waals surface area contributed by atoms with Gasteiger partial charge in [-0.05, 0) is 13.3 Å². The second kappa shape index (κ2) is 6.28. The average molecular weight is 303 g/mol. The zero-order valence-electron chi connectivity index (χ0n) is 11.6. The van der Waals surface area contributed by atoms with Crippen molar-refractivity contribution in [2.75, 3.05) is 0 Å². The van der Waals surface area contributed by atoms with E-state index in [1.807, 2.05) is 13.0 Å². The highest BCUT2D eigenvalue weighted by atomic mass is 32.1. The topological polar surface area (TPSA) is 104 Å². The molecule has 0 saturated carbocycles. The van der Waals surface area contributed by atoms with Crippen molar-refractivity contribution in [2.45, 2.75) is 26.8 Å². The van der Waals surface area contributed by atoms with Crippen molar-refractivity contribution in [2.24, 2.45) is 10.2 Å². The monoisotopic (exact) mass is 303 g/mol. The third-order valence-electron chi connectivity index (χ3n) is 2.87. The normalized spacial score (nSPS) is 10.9. The second-order valence-electron chi connectivity index (χ2n) is 4.26. The van der Waals surface area contributed by atoms with Crippen molar-refractivity contribution in [1.29, 1.82) is 5.26 Å². The number of aromatic nitrogens is 2. The molecule has 0 fully saturated rings. The molecule has 0 saturated heterocycles. The molecule has 0 radical (unpaired) electrons. The van der Waals surface area contributed by atoms with E-state index in [1.165, 1.54) is 11.3 Å². The fourth-order valence-electron chi connectivity index (χ4n) is 1.85. The fourth-order valence-corrected chi connectivity index (χ4v) is 2.30. The summed E-state index contributed by atoms with van der Waals surface area (Å²) in [5.74, 6) is -0.324. The van der Waals surface area contributed by atoms with E-state index in [1.54, 1.807) is 18.5 Å². The highest BCUT2D eigenvalue weighted by molar-refractivity contribution is 7.13. The van der Waals surface area contributed by atoms with Gasteiger partial charge in [-0.25, -0.2) is 4.98 Å². The molecule has 21 heavy (non-hydrogen) atoms. The first-order valence-corrected chi connectivity index (χ1v) is 7.15. The number of hydrogen-bond acceptors (Lipinski definition) is 7. The molecule has 2 rings (SSSR count). The molecule has 0 atom stereocenters. The lowest BCUT2D eigenvalue weighted by atomic mass is 10.1. The highest BCUT2D eigenvalue weighted by Crippen LogP contribution is 2.27. The van der Waals surface area contributed by atoms with Crippen LogP contribution in [0.25, 0.3) is 0 Å². The summed E-state index contributed by atoms with van der Waals surface area (Å²) < 4.78 is 1.14. The Morgan fingerprint density at radius 1 is 1.52 bits per heavy atom. The first-order chi connectivity index (χ1) is 10.1. The van der Waals surface area contributed by atoms with Crippen LogP contribution in [0.3, 0.4) is 0 Å². The number of thiazole rings is 1. The summed E-state index contributed by atoms with van der Waals surface area (Å²) in [5.41, 5.74) is -0.0667. The van der Waals surface area contributed by atoms with Gasteiger partial charge in [0.25, 0.3) is 5.56 Å². The molecule has 0 bridgehead atoms. The molecule has 0 aliphatic rings. The standard InChI is InChI=1S/C13H13N5O2S/c1-3-5-18-11(19)9(7-14)8(2)10(12(18)20)16-17-13-15-4-6-21-13/h4,6,19H,3,5H2,1-2H3. The Morgan fingerprint density at radius 2 is 2.29 bits per heavy atom. The smallest absolute Gasteiger partial charge is 0.281 e. The van der Waals surface area contributed by atoms with Crippen LogP contribution in [0.1, 0.15) is 24.5 Å². The van der Waals surface area contributed by atoms with Gasteiger partial charge in [-0.1, -0.05) is 6.92 Å². The zero-order chi connectivity index (χ0) is 15.4. The molecule has 0 aromatic carbocycles. The van der Waals surface area contributed by atoms with Gasteiger partial charge in [0.2, 0.25) is 11.0 Å². The lowest BCUT2D eigenvalue weighted by molar-refractivity contribution is 0.402. The summed E-state index contributed by atoms with van der Waals surface area (Å²) in [6.07, 6.45) is 2.23. The molecule has 8 heteroatoms. The van der Waals surface area contributed by atoms with Crippen LogP contribution in [0.2, 0.25) is 0 Å². The van der Waals surface area contributed by atoms with Crippen LogP contribution in [-0.4, -0.2) is 14.7 Å². The fraction of sp³-hybridized carbons (Fsp3) is 0.308. The summed E-state index contributed by atoms with van der Waals surface area (Å²) in [4.78, 5) is 16.3. The molecule has 108 valence electrons. The van der Waals surface area contributed by atoms with Gasteiger partial charge in [0.1, 0.15) is 11.6 Å². The van der Waals surface area contributed by atoms with Crippen LogP contribution in [0.5, 0.6) is 5.88 Å². The van der Waals surface area contributed by atoms with Crippen molar-refractivity contribution in [1.82, 2.24) is 9.55 Å². The largest absolute Gasteiger partial charge is 0.493 e. The maximum absolute atomic E-state index is 12.4. The minimum Gasteiger partial charge on any atom is -0.493 e. The Kier molecular flexibility index (Phi) is 4.45. The maximum atomic E-state index is 12.4. The van der Waals surface area contributed by atoms with E-state index < -0.39 is 5.56 Å². The van der Waals surface area contributed by atoms with Gasteiger partial charge in [-0.3, -0.25) is 9.36 Å². The van der Waals surface area contributed by atoms with Crippen LogP contribution < -0.4 is 5.56 Å². The number of rotatable bonds is 4. The highest BCUT2D eigenvalue weighted by Gasteiger charge is 2.18. The molecule has 0 aliphatic carbocycles. The summed E-state index contributed by atoms with van der Waals surface area (Å²) in [6.45, 7) is 3.74. The summed E-state index contributed by atoms with van der Waals surface area (Å²) in [5, 5.41) is 29.1. The molecular weight excluding hydrogens is 290 g/mol. The molecule has 0 unspecified atom stereocenters. The summed E-state index contributed by atoms with van der Waals surface area (Å²) in [6, 6.07) is 1.90. The van der Waals surface area contributed by atoms with Gasteiger partial charge in [0, 0.05) is 23.7 Å². The van der Waals surface area contributed by atoms with Crippen LogP contribution in [0, 0.1) is 18.3 Å². The van der Waals surface area contributed by atoms with E-state index in [0.717, 1.165) is 4.57 Å². The number of hydrogen-bond donors (Lipinski definition) is 1.